The monoisotopic (exact) mass is 387 g/mol. The van der Waals surface area contributed by atoms with Crippen molar-refractivity contribution in [3.05, 3.63) is 53.9 Å². The van der Waals surface area contributed by atoms with E-state index in [-0.39, 0.29) is 11.6 Å². The third-order valence-corrected chi connectivity index (χ3v) is 4.57. The molecule has 3 heterocycles. The number of hydrogen-bond acceptors (Lipinski definition) is 4. The number of amides is 2. The van der Waals surface area contributed by atoms with Gasteiger partial charge in [-0.1, -0.05) is 30.3 Å². The Kier molecular flexibility index (Phi) is 5.16. The van der Waals surface area contributed by atoms with E-state index in [2.05, 4.69) is 20.7 Å². The Balaban J connectivity index is 1.66. The number of benzene rings is 1. The van der Waals surface area contributed by atoms with Crippen molar-refractivity contribution in [3.8, 4) is 0 Å². The highest BCUT2D eigenvalue weighted by atomic mass is 19.3. The lowest BCUT2D eigenvalue weighted by Crippen LogP contribution is -2.35. The molecule has 0 spiro atoms. The molecule has 7 nitrogen and oxygen atoms in total. The lowest BCUT2D eigenvalue weighted by molar-refractivity contribution is 0.0612. The maximum atomic E-state index is 13.2. The molecule has 2 aromatic heterocycles. The molecule has 1 aliphatic rings. The van der Waals surface area contributed by atoms with E-state index in [0.717, 1.165) is 5.56 Å². The molecule has 0 radical (unpaired) electrons. The summed E-state index contributed by atoms with van der Waals surface area (Å²) in [6.45, 7) is -2.03. The largest absolute Gasteiger partial charge is 0.379 e. The highest BCUT2D eigenvalue weighted by molar-refractivity contribution is 5.92. The highest BCUT2D eigenvalue weighted by Crippen LogP contribution is 2.26. The Hall–Kier alpha value is -3.07. The number of alkyl halides is 2. The van der Waals surface area contributed by atoms with E-state index in [0.29, 0.717) is 47.6 Å². The highest BCUT2D eigenvalue weighted by Gasteiger charge is 2.20. The minimum Gasteiger partial charge on any atom is -0.379 e. The first-order valence-electron chi connectivity index (χ1n) is 8.97. The number of carbonyl (C=O) groups excluding carboxylic acids is 1. The zero-order valence-corrected chi connectivity index (χ0v) is 14.9. The number of carbonyl (C=O) groups is 1. The predicted molar refractivity (Wildman–Crippen MR) is 99.3 cm³/mol. The number of nitrogens with one attached hydrogen (secondary N) is 2. The lowest BCUT2D eigenvalue weighted by Gasteiger charge is -2.21. The quantitative estimate of drug-likeness (QED) is 0.703. The fourth-order valence-electron chi connectivity index (χ4n) is 3.30. The van der Waals surface area contributed by atoms with Crippen molar-refractivity contribution < 1.29 is 18.3 Å². The number of rotatable bonds is 2. The van der Waals surface area contributed by atoms with E-state index >= 15 is 0 Å². The Labute approximate surface area is 159 Å². The molecule has 0 aliphatic carbocycles. The molecule has 9 heteroatoms. The van der Waals surface area contributed by atoms with Crippen LogP contribution in [0.4, 0.5) is 19.4 Å². The van der Waals surface area contributed by atoms with Crippen LogP contribution in [0.1, 0.15) is 30.3 Å². The predicted octanol–water partition coefficient (Wildman–Crippen LogP) is 3.65. The van der Waals surface area contributed by atoms with Crippen molar-refractivity contribution in [3.63, 3.8) is 0 Å². The van der Waals surface area contributed by atoms with Gasteiger partial charge in [-0.15, -0.1) is 0 Å². The number of urea groups is 1. The van der Waals surface area contributed by atoms with Gasteiger partial charge in [-0.2, -0.15) is 13.9 Å². The third kappa shape index (κ3) is 3.79. The Morgan fingerprint density at radius 3 is 2.86 bits per heavy atom. The Morgan fingerprint density at radius 1 is 1.25 bits per heavy atom. The number of halogens is 2. The summed E-state index contributed by atoms with van der Waals surface area (Å²) in [5.41, 5.74) is 1.66. The fraction of sp³-hybridized carbons (Fsp3) is 0.316. The number of ether oxygens (including phenoxy) is 1. The van der Waals surface area contributed by atoms with E-state index in [1.807, 2.05) is 30.3 Å². The van der Waals surface area contributed by atoms with Crippen LogP contribution < -0.4 is 10.6 Å². The number of aryl methyl sites for hydroxylation is 1. The van der Waals surface area contributed by atoms with Crippen LogP contribution >= 0.6 is 0 Å². The van der Waals surface area contributed by atoms with Gasteiger partial charge in [0.25, 0.3) is 0 Å². The topological polar surface area (TPSA) is 81.1 Å². The third-order valence-electron chi connectivity index (χ3n) is 4.57. The van der Waals surface area contributed by atoms with Gasteiger partial charge in [0.1, 0.15) is 5.82 Å². The molecule has 146 valence electrons. The SMILES string of the molecule is O=C1Nc2cc3cnn(C(F)F)c3c(n2)CCCOC[C@H](c2ccccc2)N1. The first-order chi connectivity index (χ1) is 13.6. The zero-order valence-electron chi connectivity index (χ0n) is 14.9. The zero-order chi connectivity index (χ0) is 19.5. The summed E-state index contributed by atoms with van der Waals surface area (Å²) in [5, 5.41) is 9.82. The summed E-state index contributed by atoms with van der Waals surface area (Å²) in [4.78, 5) is 16.9. The molecule has 2 N–H and O–H groups in total. The van der Waals surface area contributed by atoms with Crippen LogP contribution in [0.2, 0.25) is 0 Å². The number of hydrogen-bond donors (Lipinski definition) is 2. The molecule has 1 atom stereocenters. The molecule has 2 amide bonds. The van der Waals surface area contributed by atoms with Gasteiger partial charge in [-0.05, 0) is 24.5 Å². The molecule has 0 saturated carbocycles. The molecular weight excluding hydrogens is 368 g/mol. The van der Waals surface area contributed by atoms with Gasteiger partial charge < -0.3 is 10.1 Å². The summed E-state index contributed by atoms with van der Waals surface area (Å²) in [6, 6.07) is 10.3. The van der Waals surface area contributed by atoms with E-state index in [1.54, 1.807) is 6.07 Å². The molecular formula is C19H19F2N5O2. The van der Waals surface area contributed by atoms with Crippen molar-refractivity contribution in [1.29, 1.82) is 0 Å². The second-order valence-electron chi connectivity index (χ2n) is 6.50. The maximum Gasteiger partial charge on any atom is 0.333 e. The van der Waals surface area contributed by atoms with Crippen LogP contribution in [0.5, 0.6) is 0 Å². The Morgan fingerprint density at radius 2 is 2.07 bits per heavy atom. The first kappa shape index (κ1) is 18.3. The maximum absolute atomic E-state index is 13.2. The van der Waals surface area contributed by atoms with Gasteiger partial charge in [0, 0.05) is 12.0 Å². The molecule has 1 aliphatic heterocycles. The van der Waals surface area contributed by atoms with Crippen LogP contribution in [-0.4, -0.2) is 34.0 Å². The van der Waals surface area contributed by atoms with Gasteiger partial charge >= 0.3 is 12.6 Å². The van der Waals surface area contributed by atoms with Gasteiger partial charge in [0.2, 0.25) is 0 Å². The normalized spacial score (nSPS) is 18.2. The molecule has 0 saturated heterocycles. The van der Waals surface area contributed by atoms with Crippen LogP contribution in [-0.2, 0) is 11.2 Å². The number of pyridine rings is 1. The first-order valence-corrected chi connectivity index (χ1v) is 8.97. The number of anilines is 1. The fourth-order valence-corrected chi connectivity index (χ4v) is 3.30. The second kappa shape index (κ2) is 7.89. The van der Waals surface area contributed by atoms with Gasteiger partial charge in [-0.3, -0.25) is 5.32 Å². The molecule has 28 heavy (non-hydrogen) atoms. The van der Waals surface area contributed by atoms with Crippen molar-refractivity contribution in [2.75, 3.05) is 18.5 Å². The summed E-state index contributed by atoms with van der Waals surface area (Å²) in [7, 11) is 0. The van der Waals surface area contributed by atoms with Crippen molar-refractivity contribution in [2.45, 2.75) is 25.4 Å². The molecule has 1 aromatic carbocycles. The summed E-state index contributed by atoms with van der Waals surface area (Å²) in [5.74, 6) is 0.294. The minimum absolute atomic E-state index is 0.278. The van der Waals surface area contributed by atoms with Crippen LogP contribution in [0, 0.1) is 0 Å². The molecule has 2 bridgehead atoms. The molecule has 0 unspecified atom stereocenters. The van der Waals surface area contributed by atoms with Crippen LogP contribution in [0.3, 0.4) is 0 Å². The lowest BCUT2D eigenvalue weighted by atomic mass is 10.1. The number of fused-ring (bicyclic) bond motifs is 4. The van der Waals surface area contributed by atoms with Gasteiger partial charge in [0.15, 0.2) is 0 Å². The minimum atomic E-state index is -2.76. The molecule has 4 rings (SSSR count). The molecule has 3 aromatic rings. The second-order valence-corrected chi connectivity index (χ2v) is 6.50. The summed E-state index contributed by atoms with van der Waals surface area (Å²) < 4.78 is 32.9. The van der Waals surface area contributed by atoms with E-state index in [1.165, 1.54) is 6.20 Å². The standard InChI is InChI=1S/C19H19F2N5O2/c20-18(21)26-17-13(10-22-26)9-16-23-14(17)7-4-8-28-11-15(24-19(27)25-16)12-5-2-1-3-6-12/h1-3,5-6,9-10,15,18H,4,7-8,11H2,(H2,23,24,25,27)/t15-/m1/s1. The van der Waals surface area contributed by atoms with Crippen molar-refractivity contribution in [2.24, 2.45) is 0 Å². The Bertz CT molecular complexity index is 977. The van der Waals surface area contributed by atoms with Gasteiger partial charge in [0.05, 0.1) is 30.1 Å². The molecule has 0 fully saturated rings. The smallest absolute Gasteiger partial charge is 0.333 e. The van der Waals surface area contributed by atoms with E-state index < -0.39 is 12.6 Å². The van der Waals surface area contributed by atoms with Crippen LogP contribution in [0.25, 0.3) is 10.9 Å². The van der Waals surface area contributed by atoms with E-state index in [9.17, 15) is 13.6 Å². The van der Waals surface area contributed by atoms with Crippen molar-refractivity contribution in [1.82, 2.24) is 20.1 Å². The van der Waals surface area contributed by atoms with Crippen LogP contribution in [0.15, 0.2) is 42.6 Å². The average molecular weight is 387 g/mol. The number of nitrogens with zero attached hydrogens (tertiary/aromatic N) is 3. The number of aromatic nitrogens is 3. The average Bonchev–Trinajstić information content (AvgIpc) is 3.11. The summed E-state index contributed by atoms with van der Waals surface area (Å²) in [6.07, 6.45) is 2.39. The van der Waals surface area contributed by atoms with Crippen molar-refractivity contribution >= 4 is 22.8 Å². The summed E-state index contributed by atoms with van der Waals surface area (Å²) >= 11 is 0. The van der Waals surface area contributed by atoms with E-state index in [4.69, 9.17) is 4.74 Å². The van der Waals surface area contributed by atoms with Gasteiger partial charge in [-0.25, -0.2) is 14.5 Å².